The number of carbonyl (C=O) groups is 2. The largest absolute Gasteiger partial charge is 0.354 e. The molecule has 7 nitrogen and oxygen atoms in total. The van der Waals surface area contributed by atoms with Gasteiger partial charge in [0.05, 0.1) is 11.3 Å². The number of hydrogen-bond acceptors (Lipinski definition) is 4. The second kappa shape index (κ2) is 11.2. The standard InChI is InChI=1S/C24H31N3O4/c1-5-21(24(29)25-15-17(2)3)26(16-20-12-7-6-10-18(20)4)23(28)14-19-11-8-9-13-22(19)27(30)31/h6-13,17,21H,5,14-16H2,1-4H3,(H,25,29). The minimum atomic E-state index is -0.659. The fraction of sp³-hybridized carbons (Fsp3) is 0.417. The van der Waals surface area contributed by atoms with E-state index in [4.69, 9.17) is 0 Å². The lowest BCUT2D eigenvalue weighted by Crippen LogP contribution is -2.50. The molecule has 0 spiro atoms. The second-order valence-corrected chi connectivity index (χ2v) is 8.07. The highest BCUT2D eigenvalue weighted by Gasteiger charge is 2.30. The Morgan fingerprint density at radius 2 is 1.68 bits per heavy atom. The van der Waals surface area contributed by atoms with Gasteiger partial charge in [-0.2, -0.15) is 0 Å². The Hall–Kier alpha value is -3.22. The molecule has 7 heteroatoms. The number of nitro benzene ring substituents is 1. The van der Waals surface area contributed by atoms with Crippen LogP contribution in [0.4, 0.5) is 5.69 Å². The highest BCUT2D eigenvalue weighted by atomic mass is 16.6. The first kappa shape index (κ1) is 24.1. The molecule has 0 radical (unpaired) electrons. The molecule has 0 aromatic heterocycles. The second-order valence-electron chi connectivity index (χ2n) is 8.07. The molecular weight excluding hydrogens is 394 g/mol. The van der Waals surface area contributed by atoms with Crippen LogP contribution in [0.15, 0.2) is 48.5 Å². The number of hydrogen-bond donors (Lipinski definition) is 1. The van der Waals surface area contributed by atoms with E-state index in [0.717, 1.165) is 11.1 Å². The van der Waals surface area contributed by atoms with E-state index in [1.165, 1.54) is 6.07 Å². The molecule has 0 aliphatic heterocycles. The SMILES string of the molecule is CCC(C(=O)NCC(C)C)N(Cc1ccccc1C)C(=O)Cc1ccccc1[N+](=O)[O-]. The number of para-hydroxylation sites is 1. The molecule has 0 aliphatic carbocycles. The van der Waals surface area contributed by atoms with Gasteiger partial charge in [0.1, 0.15) is 6.04 Å². The summed E-state index contributed by atoms with van der Waals surface area (Å²) in [4.78, 5) is 38.7. The summed E-state index contributed by atoms with van der Waals surface area (Å²) < 4.78 is 0. The summed E-state index contributed by atoms with van der Waals surface area (Å²) in [5, 5.41) is 14.3. The first-order valence-electron chi connectivity index (χ1n) is 10.6. The number of carbonyl (C=O) groups excluding carboxylic acids is 2. The van der Waals surface area contributed by atoms with Crippen molar-refractivity contribution in [1.29, 1.82) is 0 Å². The Morgan fingerprint density at radius 3 is 2.26 bits per heavy atom. The normalized spacial score (nSPS) is 11.8. The third-order valence-electron chi connectivity index (χ3n) is 5.20. The lowest BCUT2D eigenvalue weighted by molar-refractivity contribution is -0.385. The molecule has 0 saturated carbocycles. The Morgan fingerprint density at radius 1 is 1.06 bits per heavy atom. The third-order valence-corrected chi connectivity index (χ3v) is 5.20. The Balaban J connectivity index is 2.36. The van der Waals surface area contributed by atoms with Gasteiger partial charge in [-0.05, 0) is 30.4 Å². The number of nitro groups is 1. The molecule has 1 unspecified atom stereocenters. The summed E-state index contributed by atoms with van der Waals surface area (Å²) in [6.07, 6.45) is 0.301. The molecule has 0 heterocycles. The van der Waals surface area contributed by atoms with Crippen LogP contribution >= 0.6 is 0 Å². The maximum atomic E-state index is 13.4. The van der Waals surface area contributed by atoms with E-state index in [1.54, 1.807) is 23.1 Å². The average molecular weight is 426 g/mol. The molecular formula is C24H31N3O4. The molecule has 1 atom stereocenters. The molecule has 2 aromatic rings. The van der Waals surface area contributed by atoms with E-state index in [1.807, 2.05) is 52.0 Å². The van der Waals surface area contributed by atoms with E-state index >= 15 is 0 Å². The number of benzene rings is 2. The van der Waals surface area contributed by atoms with E-state index in [2.05, 4.69) is 5.32 Å². The van der Waals surface area contributed by atoms with Crippen molar-refractivity contribution in [2.75, 3.05) is 6.54 Å². The zero-order valence-electron chi connectivity index (χ0n) is 18.6. The molecule has 0 saturated heterocycles. The number of amides is 2. The molecule has 2 amide bonds. The quantitative estimate of drug-likeness (QED) is 0.459. The minimum absolute atomic E-state index is 0.0935. The van der Waals surface area contributed by atoms with Gasteiger partial charge in [0, 0.05) is 24.7 Å². The van der Waals surface area contributed by atoms with Gasteiger partial charge < -0.3 is 10.2 Å². The lowest BCUT2D eigenvalue weighted by atomic mass is 10.0. The van der Waals surface area contributed by atoms with Crippen molar-refractivity contribution in [3.8, 4) is 0 Å². The highest BCUT2D eigenvalue weighted by Crippen LogP contribution is 2.21. The van der Waals surface area contributed by atoms with Crippen molar-refractivity contribution in [1.82, 2.24) is 10.2 Å². The summed E-state index contributed by atoms with van der Waals surface area (Å²) in [7, 11) is 0. The predicted molar refractivity (Wildman–Crippen MR) is 120 cm³/mol. The first-order chi connectivity index (χ1) is 14.7. The first-order valence-corrected chi connectivity index (χ1v) is 10.6. The van der Waals surface area contributed by atoms with Gasteiger partial charge in [0.2, 0.25) is 11.8 Å². The summed E-state index contributed by atoms with van der Waals surface area (Å²) in [6.45, 7) is 8.62. The number of aryl methyl sites for hydroxylation is 1. The fourth-order valence-electron chi connectivity index (χ4n) is 3.42. The Kier molecular flexibility index (Phi) is 8.73. The van der Waals surface area contributed by atoms with Gasteiger partial charge in [-0.15, -0.1) is 0 Å². The van der Waals surface area contributed by atoms with E-state index in [0.29, 0.717) is 18.5 Å². The van der Waals surface area contributed by atoms with Gasteiger partial charge in [-0.25, -0.2) is 0 Å². The van der Waals surface area contributed by atoms with Crippen molar-refractivity contribution in [3.63, 3.8) is 0 Å². The predicted octanol–water partition coefficient (Wildman–Crippen LogP) is 4.03. The minimum Gasteiger partial charge on any atom is -0.354 e. The zero-order valence-corrected chi connectivity index (χ0v) is 18.6. The van der Waals surface area contributed by atoms with Crippen molar-refractivity contribution in [2.24, 2.45) is 5.92 Å². The van der Waals surface area contributed by atoms with Crippen LogP contribution in [0.2, 0.25) is 0 Å². The topological polar surface area (TPSA) is 92.6 Å². The van der Waals surface area contributed by atoms with Crippen LogP contribution in [0.3, 0.4) is 0 Å². The number of nitrogens with one attached hydrogen (secondary N) is 1. The molecule has 0 bridgehead atoms. The van der Waals surface area contributed by atoms with Crippen molar-refractivity contribution in [2.45, 2.75) is 53.1 Å². The van der Waals surface area contributed by atoms with Crippen LogP contribution in [0.1, 0.15) is 43.9 Å². The third kappa shape index (κ3) is 6.64. The highest BCUT2D eigenvalue weighted by molar-refractivity contribution is 5.88. The molecule has 31 heavy (non-hydrogen) atoms. The van der Waals surface area contributed by atoms with Crippen molar-refractivity contribution < 1.29 is 14.5 Å². The van der Waals surface area contributed by atoms with Crippen LogP contribution in [0.5, 0.6) is 0 Å². The van der Waals surface area contributed by atoms with Gasteiger partial charge in [-0.1, -0.05) is 63.2 Å². The fourth-order valence-corrected chi connectivity index (χ4v) is 3.42. The molecule has 0 fully saturated rings. The van der Waals surface area contributed by atoms with Gasteiger partial charge in [0.25, 0.3) is 5.69 Å². The molecule has 2 rings (SSSR count). The van der Waals surface area contributed by atoms with Crippen molar-refractivity contribution in [3.05, 3.63) is 75.3 Å². The van der Waals surface area contributed by atoms with Gasteiger partial charge >= 0.3 is 0 Å². The smallest absolute Gasteiger partial charge is 0.273 e. The number of rotatable bonds is 10. The lowest BCUT2D eigenvalue weighted by Gasteiger charge is -2.31. The average Bonchev–Trinajstić information content (AvgIpc) is 2.73. The molecule has 166 valence electrons. The monoisotopic (exact) mass is 425 g/mol. The molecule has 1 N–H and O–H groups in total. The summed E-state index contributed by atoms with van der Waals surface area (Å²) >= 11 is 0. The maximum Gasteiger partial charge on any atom is 0.273 e. The van der Waals surface area contributed by atoms with Gasteiger partial charge in [-0.3, -0.25) is 19.7 Å². The van der Waals surface area contributed by atoms with E-state index in [-0.39, 0.29) is 36.4 Å². The molecule has 2 aromatic carbocycles. The van der Waals surface area contributed by atoms with Gasteiger partial charge in [0.15, 0.2) is 0 Å². The summed E-state index contributed by atoms with van der Waals surface area (Å²) in [5.41, 5.74) is 2.20. The number of nitrogens with zero attached hydrogens (tertiary/aromatic N) is 2. The summed E-state index contributed by atoms with van der Waals surface area (Å²) in [5.74, 6) is -0.237. The van der Waals surface area contributed by atoms with Crippen LogP contribution < -0.4 is 5.32 Å². The van der Waals surface area contributed by atoms with Crippen LogP contribution in [0.25, 0.3) is 0 Å². The Labute approximate surface area is 183 Å². The maximum absolute atomic E-state index is 13.4. The van der Waals surface area contributed by atoms with E-state index in [9.17, 15) is 19.7 Å². The van der Waals surface area contributed by atoms with E-state index < -0.39 is 11.0 Å². The molecule has 0 aliphatic rings. The van der Waals surface area contributed by atoms with Crippen LogP contribution in [-0.4, -0.2) is 34.2 Å². The summed E-state index contributed by atoms with van der Waals surface area (Å²) in [6, 6.07) is 13.3. The zero-order chi connectivity index (χ0) is 23.0. The van der Waals surface area contributed by atoms with Crippen LogP contribution in [-0.2, 0) is 22.6 Å². The van der Waals surface area contributed by atoms with Crippen molar-refractivity contribution >= 4 is 17.5 Å². The Bertz CT molecular complexity index is 927. The van der Waals surface area contributed by atoms with Crippen LogP contribution in [0, 0.1) is 23.0 Å².